The average molecular weight is 346 g/mol. The minimum Gasteiger partial charge on any atom is -0.370 e. The van der Waals surface area contributed by atoms with Crippen molar-refractivity contribution in [2.45, 2.75) is 20.3 Å². The zero-order valence-corrected chi connectivity index (χ0v) is 15.1. The first-order chi connectivity index (χ1) is 12.0. The molecule has 0 radical (unpaired) electrons. The van der Waals surface area contributed by atoms with Gasteiger partial charge in [0.2, 0.25) is 11.8 Å². The highest BCUT2D eigenvalue weighted by atomic mass is 16.5. The molecule has 2 aliphatic heterocycles. The van der Waals surface area contributed by atoms with E-state index in [0.717, 1.165) is 44.1 Å². The predicted molar refractivity (Wildman–Crippen MR) is 95.8 cm³/mol. The molecule has 1 aromatic carbocycles. The van der Waals surface area contributed by atoms with Crippen molar-refractivity contribution in [1.82, 2.24) is 5.32 Å². The van der Waals surface area contributed by atoms with Gasteiger partial charge in [0.25, 0.3) is 0 Å². The number of hydrogen-bond acceptors (Lipinski definition) is 3. The van der Waals surface area contributed by atoms with E-state index in [1.165, 1.54) is 10.5 Å². The quantitative estimate of drug-likeness (QED) is 0.769. The summed E-state index contributed by atoms with van der Waals surface area (Å²) in [4.78, 5) is 27.9. The third-order valence-corrected chi connectivity index (χ3v) is 5.28. The van der Waals surface area contributed by atoms with Crippen molar-refractivity contribution in [3.63, 3.8) is 0 Å². The van der Waals surface area contributed by atoms with Crippen LogP contribution in [-0.4, -0.2) is 57.8 Å². The van der Waals surface area contributed by atoms with Gasteiger partial charge in [-0.3, -0.25) is 9.59 Å². The molecule has 2 N–H and O–H groups in total. The van der Waals surface area contributed by atoms with Gasteiger partial charge in [-0.15, -0.1) is 0 Å². The van der Waals surface area contributed by atoms with Crippen LogP contribution >= 0.6 is 0 Å². The van der Waals surface area contributed by atoms with E-state index in [0.29, 0.717) is 19.5 Å². The van der Waals surface area contributed by atoms with Crippen molar-refractivity contribution in [2.75, 3.05) is 50.8 Å². The monoisotopic (exact) mass is 346 g/mol. The number of hydrogen-bond donors (Lipinski definition) is 2. The molecule has 3 rings (SSSR count). The highest BCUT2D eigenvalue weighted by molar-refractivity contribution is 6.00. The molecule has 0 aliphatic carbocycles. The second kappa shape index (κ2) is 7.97. The molecular weight excluding hydrogens is 318 g/mol. The standard InChI is InChI=1S/C19H27N3O3/c1-14-3-4-17(11-15(14)2)22-13-16(12-18(22)23)19(24)20-5-6-21-7-9-25-10-8-21/h3-4,11,16H,5-10,12-13H2,1-2H3,(H,20,24)/p+1/t16-/m1/s1. The predicted octanol–water partition coefficient (Wildman–Crippen LogP) is -0.312. The molecule has 6 heteroatoms. The number of carbonyl (C=O) groups is 2. The highest BCUT2D eigenvalue weighted by Gasteiger charge is 2.35. The van der Waals surface area contributed by atoms with E-state index < -0.39 is 0 Å². The van der Waals surface area contributed by atoms with Crippen molar-refractivity contribution < 1.29 is 19.2 Å². The van der Waals surface area contributed by atoms with Gasteiger partial charge in [0.05, 0.1) is 32.2 Å². The summed E-state index contributed by atoms with van der Waals surface area (Å²) < 4.78 is 5.34. The molecule has 2 fully saturated rings. The first-order valence-corrected chi connectivity index (χ1v) is 9.11. The Hall–Kier alpha value is -1.92. The summed E-state index contributed by atoms with van der Waals surface area (Å²) in [5.41, 5.74) is 3.25. The number of benzene rings is 1. The van der Waals surface area contributed by atoms with Crippen LogP contribution in [0, 0.1) is 19.8 Å². The zero-order valence-electron chi connectivity index (χ0n) is 15.1. The van der Waals surface area contributed by atoms with Crippen molar-refractivity contribution in [3.05, 3.63) is 29.3 Å². The molecule has 0 aromatic heterocycles. The second-order valence-corrected chi connectivity index (χ2v) is 7.08. The van der Waals surface area contributed by atoms with Crippen LogP contribution in [0.25, 0.3) is 0 Å². The van der Waals surface area contributed by atoms with Gasteiger partial charge in [-0.2, -0.15) is 0 Å². The van der Waals surface area contributed by atoms with Crippen LogP contribution in [0.3, 0.4) is 0 Å². The third kappa shape index (κ3) is 4.38. The molecule has 2 amide bonds. The summed E-state index contributed by atoms with van der Waals surface area (Å²) in [5.74, 6) is -0.233. The van der Waals surface area contributed by atoms with Crippen LogP contribution in [0.1, 0.15) is 17.5 Å². The fourth-order valence-corrected chi connectivity index (χ4v) is 3.44. The van der Waals surface area contributed by atoms with Crippen molar-refractivity contribution in [2.24, 2.45) is 5.92 Å². The Morgan fingerprint density at radius 2 is 2.04 bits per heavy atom. The maximum Gasteiger partial charge on any atom is 0.227 e. The van der Waals surface area contributed by atoms with E-state index in [2.05, 4.69) is 12.2 Å². The van der Waals surface area contributed by atoms with E-state index in [1.807, 2.05) is 25.1 Å². The van der Waals surface area contributed by atoms with Gasteiger partial charge < -0.3 is 19.9 Å². The molecular formula is C19H28N3O3+. The molecule has 6 nitrogen and oxygen atoms in total. The van der Waals surface area contributed by atoms with Gasteiger partial charge in [0.1, 0.15) is 13.1 Å². The summed E-state index contributed by atoms with van der Waals surface area (Å²) in [6.45, 7) is 9.72. The Kier molecular flexibility index (Phi) is 5.71. The van der Waals surface area contributed by atoms with Gasteiger partial charge in [0.15, 0.2) is 0 Å². The first-order valence-electron chi connectivity index (χ1n) is 9.11. The summed E-state index contributed by atoms with van der Waals surface area (Å²) in [6.07, 6.45) is 0.295. The lowest BCUT2D eigenvalue weighted by molar-refractivity contribution is -0.906. The summed E-state index contributed by atoms with van der Waals surface area (Å²) in [6, 6.07) is 6.01. The van der Waals surface area contributed by atoms with Crippen molar-refractivity contribution in [1.29, 1.82) is 0 Å². The zero-order chi connectivity index (χ0) is 17.8. The lowest BCUT2D eigenvalue weighted by Gasteiger charge is -2.24. The molecule has 2 saturated heterocycles. The number of nitrogens with one attached hydrogen (secondary N) is 2. The normalized spacial score (nSPS) is 21.6. The third-order valence-electron chi connectivity index (χ3n) is 5.28. The molecule has 0 spiro atoms. The number of anilines is 1. The molecule has 1 aromatic rings. The second-order valence-electron chi connectivity index (χ2n) is 7.08. The molecule has 1 atom stereocenters. The fourth-order valence-electron chi connectivity index (χ4n) is 3.44. The van der Waals surface area contributed by atoms with E-state index in [4.69, 9.17) is 4.74 Å². The lowest BCUT2D eigenvalue weighted by atomic mass is 10.1. The Labute approximate surface area is 149 Å². The van der Waals surface area contributed by atoms with E-state index in [9.17, 15) is 9.59 Å². The Bertz CT molecular complexity index is 641. The Morgan fingerprint density at radius 3 is 2.76 bits per heavy atom. The largest absolute Gasteiger partial charge is 0.370 e. The van der Waals surface area contributed by atoms with Gasteiger partial charge in [-0.05, 0) is 37.1 Å². The van der Waals surface area contributed by atoms with Crippen LogP contribution in [0.4, 0.5) is 5.69 Å². The number of amides is 2. The van der Waals surface area contributed by atoms with Crippen LogP contribution in [0.15, 0.2) is 18.2 Å². The molecule has 25 heavy (non-hydrogen) atoms. The number of aryl methyl sites for hydroxylation is 2. The topological polar surface area (TPSA) is 63.1 Å². The van der Waals surface area contributed by atoms with E-state index >= 15 is 0 Å². The highest BCUT2D eigenvalue weighted by Crippen LogP contribution is 2.26. The summed E-state index contributed by atoms with van der Waals surface area (Å²) in [7, 11) is 0. The molecule has 0 unspecified atom stereocenters. The minimum absolute atomic E-state index is 0.00709. The molecule has 2 aliphatic rings. The van der Waals surface area contributed by atoms with E-state index in [1.54, 1.807) is 4.90 Å². The van der Waals surface area contributed by atoms with Gasteiger partial charge in [0, 0.05) is 18.7 Å². The SMILES string of the molecule is Cc1ccc(N2C[C@H](C(=O)NCC[NH+]3CCOCC3)CC2=O)cc1C. The van der Waals surface area contributed by atoms with Crippen LogP contribution in [-0.2, 0) is 14.3 Å². The van der Waals surface area contributed by atoms with Crippen LogP contribution in [0.5, 0.6) is 0 Å². The number of quaternary nitrogens is 1. The molecule has 0 saturated carbocycles. The molecule has 136 valence electrons. The number of nitrogens with zero attached hydrogens (tertiary/aromatic N) is 1. The first kappa shape index (κ1) is 17.9. The molecule has 2 heterocycles. The maximum absolute atomic E-state index is 12.4. The number of morpholine rings is 1. The smallest absolute Gasteiger partial charge is 0.227 e. The molecule has 0 bridgehead atoms. The average Bonchev–Trinajstić information content (AvgIpc) is 3.00. The number of ether oxygens (including phenoxy) is 1. The van der Waals surface area contributed by atoms with Gasteiger partial charge >= 0.3 is 0 Å². The van der Waals surface area contributed by atoms with Crippen molar-refractivity contribution >= 4 is 17.5 Å². The van der Waals surface area contributed by atoms with Crippen LogP contribution in [0.2, 0.25) is 0 Å². The van der Waals surface area contributed by atoms with E-state index in [-0.39, 0.29) is 17.7 Å². The maximum atomic E-state index is 12.4. The number of rotatable bonds is 5. The van der Waals surface area contributed by atoms with Crippen molar-refractivity contribution in [3.8, 4) is 0 Å². The Morgan fingerprint density at radius 1 is 1.28 bits per heavy atom. The lowest BCUT2D eigenvalue weighted by Crippen LogP contribution is -3.14. The van der Waals surface area contributed by atoms with Crippen LogP contribution < -0.4 is 15.1 Å². The number of carbonyl (C=O) groups excluding carboxylic acids is 2. The summed E-state index contributed by atoms with van der Waals surface area (Å²) >= 11 is 0. The minimum atomic E-state index is -0.256. The summed E-state index contributed by atoms with van der Waals surface area (Å²) in [5, 5.41) is 3.01. The van der Waals surface area contributed by atoms with Gasteiger partial charge in [-0.25, -0.2) is 0 Å². The Balaban J connectivity index is 1.50. The fraction of sp³-hybridized carbons (Fsp3) is 0.579. The van der Waals surface area contributed by atoms with Gasteiger partial charge in [-0.1, -0.05) is 6.07 Å².